The Bertz CT molecular complexity index is 1140. The zero-order valence-electron chi connectivity index (χ0n) is 17.7. The third-order valence-electron chi connectivity index (χ3n) is 5.09. The number of halogens is 3. The fourth-order valence-electron chi connectivity index (χ4n) is 3.48. The lowest BCUT2D eigenvalue weighted by molar-refractivity contribution is -0.274. The number of sulfonamides is 1. The molecule has 2 heterocycles. The van der Waals surface area contributed by atoms with Crippen LogP contribution in [0.4, 0.5) is 13.2 Å². The van der Waals surface area contributed by atoms with Gasteiger partial charge in [0.25, 0.3) is 5.91 Å². The Balaban J connectivity index is 1.56. The van der Waals surface area contributed by atoms with Crippen molar-refractivity contribution in [2.24, 2.45) is 5.92 Å². The summed E-state index contributed by atoms with van der Waals surface area (Å²) in [5, 5.41) is 0. The highest BCUT2D eigenvalue weighted by atomic mass is 32.2. The summed E-state index contributed by atoms with van der Waals surface area (Å²) in [4.78, 5) is 24.2. The van der Waals surface area contributed by atoms with E-state index in [0.29, 0.717) is 11.5 Å². The fourth-order valence-corrected chi connectivity index (χ4v) is 4.99. The largest absolute Gasteiger partial charge is 0.573 e. The summed E-state index contributed by atoms with van der Waals surface area (Å²) >= 11 is 0. The van der Waals surface area contributed by atoms with Gasteiger partial charge in [0, 0.05) is 25.1 Å². The van der Waals surface area contributed by atoms with Crippen LogP contribution in [0.2, 0.25) is 0 Å². The Labute approximate surface area is 187 Å². The number of carbonyl (C=O) groups excluding carboxylic acids is 2. The van der Waals surface area contributed by atoms with Crippen LogP contribution in [0.1, 0.15) is 34.7 Å². The third kappa shape index (κ3) is 6.05. The lowest BCUT2D eigenvalue weighted by atomic mass is 9.98. The Morgan fingerprint density at radius 2 is 1.79 bits per heavy atom. The van der Waals surface area contributed by atoms with Gasteiger partial charge in [0.15, 0.2) is 0 Å². The van der Waals surface area contributed by atoms with Crippen molar-refractivity contribution in [1.82, 2.24) is 15.2 Å². The average molecular weight is 489 g/mol. The molecule has 0 bridgehead atoms. The van der Waals surface area contributed by atoms with Crippen LogP contribution in [-0.2, 0) is 14.8 Å². The summed E-state index contributed by atoms with van der Waals surface area (Å²) in [6.07, 6.45) is -4.61. The quantitative estimate of drug-likeness (QED) is 0.624. The van der Waals surface area contributed by atoms with E-state index >= 15 is 0 Å². The number of nitrogens with zero attached hydrogens (tertiary/aromatic N) is 1. The molecule has 1 fully saturated rings. The lowest BCUT2D eigenvalue weighted by Crippen LogP contribution is -2.48. The molecule has 13 heteroatoms. The maximum Gasteiger partial charge on any atom is 0.573 e. The summed E-state index contributed by atoms with van der Waals surface area (Å²) in [7, 11) is -4.08. The van der Waals surface area contributed by atoms with Crippen LogP contribution in [0.3, 0.4) is 0 Å². The van der Waals surface area contributed by atoms with Crippen molar-refractivity contribution in [3.8, 4) is 5.75 Å². The van der Waals surface area contributed by atoms with Gasteiger partial charge in [0.05, 0.1) is 10.5 Å². The maximum atomic E-state index is 12.8. The number of benzene rings is 1. The van der Waals surface area contributed by atoms with E-state index in [1.54, 1.807) is 13.8 Å². The molecule has 33 heavy (non-hydrogen) atoms. The van der Waals surface area contributed by atoms with E-state index in [1.165, 1.54) is 12.1 Å². The number of carbonyl (C=O) groups is 2. The molecule has 180 valence electrons. The molecule has 1 aliphatic rings. The van der Waals surface area contributed by atoms with Gasteiger partial charge in [0.2, 0.25) is 15.9 Å². The molecule has 2 amide bonds. The number of hydrogen-bond donors (Lipinski definition) is 2. The second kappa shape index (κ2) is 9.43. The fraction of sp³-hybridized carbons (Fsp3) is 0.400. The summed E-state index contributed by atoms with van der Waals surface area (Å²) in [5.41, 5.74) is 4.92. The Morgan fingerprint density at radius 1 is 1.12 bits per heavy atom. The van der Waals surface area contributed by atoms with Gasteiger partial charge in [-0.1, -0.05) is 6.07 Å². The predicted molar refractivity (Wildman–Crippen MR) is 108 cm³/mol. The molecule has 1 aromatic heterocycles. The Morgan fingerprint density at radius 3 is 2.36 bits per heavy atom. The van der Waals surface area contributed by atoms with E-state index in [-0.39, 0.29) is 36.4 Å². The molecule has 2 N–H and O–H groups in total. The van der Waals surface area contributed by atoms with E-state index in [2.05, 4.69) is 15.6 Å². The van der Waals surface area contributed by atoms with Crippen LogP contribution in [0.25, 0.3) is 0 Å². The van der Waals surface area contributed by atoms with Gasteiger partial charge in [-0.15, -0.1) is 13.2 Å². The van der Waals surface area contributed by atoms with Gasteiger partial charge in [-0.3, -0.25) is 20.4 Å². The number of nitrogens with one attached hydrogen (secondary N) is 2. The number of rotatable bonds is 5. The van der Waals surface area contributed by atoms with Crippen molar-refractivity contribution in [1.29, 1.82) is 0 Å². The maximum absolute atomic E-state index is 12.8. The Hall–Kier alpha value is -3.06. The molecule has 2 aromatic rings. The van der Waals surface area contributed by atoms with Gasteiger partial charge >= 0.3 is 6.36 Å². The number of piperidine rings is 1. The van der Waals surface area contributed by atoms with Crippen LogP contribution in [0.5, 0.6) is 5.75 Å². The molecule has 0 aliphatic carbocycles. The molecule has 0 atom stereocenters. The van der Waals surface area contributed by atoms with Gasteiger partial charge in [-0.05, 0) is 44.9 Å². The Kier molecular flexibility index (Phi) is 7.03. The van der Waals surface area contributed by atoms with E-state index in [9.17, 15) is 31.2 Å². The van der Waals surface area contributed by atoms with Gasteiger partial charge < -0.3 is 9.15 Å². The average Bonchev–Trinajstić information content (AvgIpc) is 3.09. The highest BCUT2D eigenvalue weighted by Crippen LogP contribution is 2.28. The molecule has 1 aromatic carbocycles. The number of amides is 2. The van der Waals surface area contributed by atoms with Crippen molar-refractivity contribution in [2.45, 2.75) is 37.9 Å². The van der Waals surface area contributed by atoms with E-state index in [1.807, 2.05) is 0 Å². The monoisotopic (exact) mass is 489 g/mol. The molecule has 1 aliphatic heterocycles. The van der Waals surface area contributed by atoms with Crippen LogP contribution in [0.15, 0.2) is 39.6 Å². The van der Waals surface area contributed by atoms with Crippen LogP contribution < -0.4 is 15.6 Å². The topological polar surface area (TPSA) is 118 Å². The number of hydrogen-bond acceptors (Lipinski definition) is 6. The van der Waals surface area contributed by atoms with Crippen molar-refractivity contribution in [3.05, 3.63) is 47.4 Å². The summed E-state index contributed by atoms with van der Waals surface area (Å²) < 4.78 is 73.0. The van der Waals surface area contributed by atoms with E-state index < -0.39 is 39.9 Å². The normalized spacial score (nSPS) is 15.8. The number of aryl methyl sites for hydroxylation is 2. The van der Waals surface area contributed by atoms with Crippen molar-refractivity contribution >= 4 is 21.8 Å². The van der Waals surface area contributed by atoms with Crippen molar-refractivity contribution < 1.29 is 40.3 Å². The molecule has 0 saturated carbocycles. The van der Waals surface area contributed by atoms with Crippen LogP contribution in [-0.4, -0.2) is 44.0 Å². The molecular weight excluding hydrogens is 467 g/mol. The van der Waals surface area contributed by atoms with Crippen molar-refractivity contribution in [3.63, 3.8) is 0 Å². The standard InChI is InChI=1S/C20H22F3N3O6S/c1-12-10-17(13(2)31-12)19(28)25-24-18(27)14-6-8-26(9-7-14)33(29,30)16-5-3-4-15(11-16)32-20(21,22)23/h3-5,10-11,14H,6-9H2,1-2H3,(H,24,27)(H,25,28). The number of furan rings is 1. The van der Waals surface area contributed by atoms with Crippen molar-refractivity contribution in [2.75, 3.05) is 13.1 Å². The highest BCUT2D eigenvalue weighted by molar-refractivity contribution is 7.89. The van der Waals surface area contributed by atoms with Gasteiger partial charge in [-0.2, -0.15) is 4.31 Å². The lowest BCUT2D eigenvalue weighted by Gasteiger charge is -2.30. The predicted octanol–water partition coefficient (Wildman–Crippen LogP) is 2.66. The molecule has 0 spiro atoms. The highest BCUT2D eigenvalue weighted by Gasteiger charge is 2.34. The first-order valence-corrected chi connectivity index (χ1v) is 11.3. The minimum Gasteiger partial charge on any atom is -0.466 e. The SMILES string of the molecule is Cc1cc(C(=O)NNC(=O)C2CCN(S(=O)(=O)c3cccc(OC(F)(F)F)c3)CC2)c(C)o1. The van der Waals surface area contributed by atoms with E-state index in [4.69, 9.17) is 4.42 Å². The second-order valence-electron chi connectivity index (χ2n) is 7.47. The number of ether oxygens (including phenoxy) is 1. The van der Waals surface area contributed by atoms with Gasteiger partial charge in [-0.25, -0.2) is 8.42 Å². The number of hydrazine groups is 1. The second-order valence-corrected chi connectivity index (χ2v) is 9.41. The molecule has 9 nitrogen and oxygen atoms in total. The summed E-state index contributed by atoms with van der Waals surface area (Å²) in [5.74, 6) is -1.26. The zero-order valence-corrected chi connectivity index (χ0v) is 18.5. The number of alkyl halides is 3. The molecular formula is C20H22F3N3O6S. The zero-order chi connectivity index (χ0) is 24.4. The van der Waals surface area contributed by atoms with E-state index in [0.717, 1.165) is 22.5 Å². The smallest absolute Gasteiger partial charge is 0.466 e. The summed E-state index contributed by atoms with van der Waals surface area (Å²) in [6.45, 7) is 3.27. The molecule has 0 unspecified atom stereocenters. The van der Waals surface area contributed by atoms with Crippen LogP contribution >= 0.6 is 0 Å². The molecule has 1 saturated heterocycles. The van der Waals surface area contributed by atoms with Gasteiger partial charge in [0.1, 0.15) is 17.3 Å². The first-order valence-electron chi connectivity index (χ1n) is 9.90. The van der Waals surface area contributed by atoms with Crippen LogP contribution in [0, 0.1) is 19.8 Å². The molecule has 3 rings (SSSR count). The minimum absolute atomic E-state index is 0.0151. The summed E-state index contributed by atoms with van der Waals surface area (Å²) in [6, 6.07) is 5.67. The first kappa shape index (κ1) is 24.6. The third-order valence-corrected chi connectivity index (χ3v) is 6.98. The minimum atomic E-state index is -4.95. The molecule has 0 radical (unpaired) electrons. The first-order chi connectivity index (χ1) is 15.4.